The molecule has 2 aromatic rings. The molecule has 2 aromatic carbocycles. The Hall–Kier alpha value is -2.17. The lowest BCUT2D eigenvalue weighted by Gasteiger charge is -2.42. The highest BCUT2D eigenvalue weighted by Gasteiger charge is 2.44. The van der Waals surface area contributed by atoms with E-state index in [1.54, 1.807) is 42.5 Å². The van der Waals surface area contributed by atoms with Crippen LogP contribution in [0.3, 0.4) is 0 Å². The second kappa shape index (κ2) is 25.2. The third-order valence-corrected chi connectivity index (χ3v) is 30.5. The minimum atomic E-state index is -3.89. The molecule has 1 N–H and O–H groups in total. The number of aliphatic hydroxyl groups is 1. The van der Waals surface area contributed by atoms with Gasteiger partial charge in [-0.15, -0.1) is 0 Å². The molecule has 3 aliphatic rings. The predicted molar refractivity (Wildman–Crippen MR) is 288 cm³/mol. The Kier molecular flexibility index (Phi) is 23.7. The zero-order chi connectivity index (χ0) is 51.2. The minimum absolute atomic E-state index is 0. The van der Waals surface area contributed by atoms with E-state index >= 15 is 0 Å². The quantitative estimate of drug-likeness (QED) is 0.158. The third-order valence-electron chi connectivity index (χ3n) is 14.1. The van der Waals surface area contributed by atoms with E-state index in [0.29, 0.717) is 38.5 Å². The van der Waals surface area contributed by atoms with E-state index in [-0.39, 0.29) is 76.1 Å². The van der Waals surface area contributed by atoms with E-state index in [1.807, 2.05) is 19.9 Å². The highest BCUT2D eigenvalue weighted by atomic mass is 32.2. The Morgan fingerprint density at radius 1 is 0.507 bits per heavy atom. The number of Topliss-reactive ketones (excluding diaryl/α,β-unsaturated/α-hetero) is 1. The van der Waals surface area contributed by atoms with Crippen LogP contribution in [0.4, 0.5) is 0 Å². The number of hydrogen-bond acceptors (Lipinski definition) is 12. The smallest absolute Gasteiger partial charge is 0.297 e. The molecule has 0 spiro atoms. The average molecular weight is 1060 g/mol. The van der Waals surface area contributed by atoms with Gasteiger partial charge in [0.05, 0.1) is 46.4 Å². The van der Waals surface area contributed by atoms with Crippen molar-refractivity contribution in [1.82, 2.24) is 0 Å². The van der Waals surface area contributed by atoms with Crippen LogP contribution in [-0.4, -0.2) is 95.1 Å². The van der Waals surface area contributed by atoms with E-state index < -0.39 is 63.5 Å². The van der Waals surface area contributed by atoms with Gasteiger partial charge >= 0.3 is 0 Å². The first-order valence-electron chi connectivity index (χ1n) is 23.7. The fourth-order valence-corrected chi connectivity index (χ4v) is 13.3. The zero-order valence-corrected chi connectivity index (χ0v) is 48.3. The molecule has 3 aliphatic carbocycles. The number of benzene rings is 2. The Balaban J connectivity index is 0.000000529. The summed E-state index contributed by atoms with van der Waals surface area (Å²) in [4.78, 5) is 23.7. The number of carbonyl (C=O) groups excluding carboxylic acids is 2. The molecule has 12 nitrogen and oxygen atoms in total. The van der Waals surface area contributed by atoms with Crippen LogP contribution in [0, 0.1) is 13.8 Å². The van der Waals surface area contributed by atoms with Gasteiger partial charge in [-0.05, 0) is 111 Å². The molecule has 0 saturated heterocycles. The number of ketones is 2. The molecular formula is C52H92O12S2Si3. The van der Waals surface area contributed by atoms with Crippen molar-refractivity contribution in [2.24, 2.45) is 0 Å². The van der Waals surface area contributed by atoms with Gasteiger partial charge in [0.15, 0.2) is 30.7 Å². The van der Waals surface area contributed by atoms with Crippen molar-refractivity contribution in [1.29, 1.82) is 0 Å². The van der Waals surface area contributed by atoms with Crippen molar-refractivity contribution in [2.75, 3.05) is 0 Å². The molecule has 0 bridgehead atoms. The SMILES string of the molecule is C.C.CC(C)(C)[Si](C)(C)OC1CC=CC(=O)C1.Cc1ccc(S(=O)(=O)OC2CC(=O)CC(O[Si](C)(C)C(C)(C)C)C2)cc1.Cc1ccc(S(=O)(=O)OC2CC(O)CC(O[Si](C)(C)C(C)(C)C)C2)cc1. The summed E-state index contributed by atoms with van der Waals surface area (Å²) in [6.45, 7) is 36.4. The fourth-order valence-electron chi connectivity index (χ4n) is 7.05. The molecule has 5 rings (SSSR count). The number of rotatable bonds is 12. The topological polar surface area (TPSA) is 169 Å². The second-order valence-corrected chi connectivity index (χ2v) is 40.7. The van der Waals surface area contributed by atoms with Crippen molar-refractivity contribution in [3.63, 3.8) is 0 Å². The molecule has 2 fully saturated rings. The first-order chi connectivity index (χ1) is 30.3. The van der Waals surface area contributed by atoms with Crippen molar-refractivity contribution in [3.8, 4) is 0 Å². The summed E-state index contributed by atoms with van der Waals surface area (Å²) in [6.07, 6.45) is 5.03. The van der Waals surface area contributed by atoms with Crippen molar-refractivity contribution < 1.29 is 53.2 Å². The van der Waals surface area contributed by atoms with E-state index in [1.165, 1.54) is 12.1 Å². The lowest BCUT2D eigenvalue weighted by atomic mass is 9.93. The Labute approximate surface area is 422 Å². The van der Waals surface area contributed by atoms with Crippen LogP contribution in [0.15, 0.2) is 70.5 Å². The molecule has 0 heterocycles. The highest BCUT2D eigenvalue weighted by Crippen LogP contribution is 2.42. The number of carbonyl (C=O) groups is 2. The first kappa shape index (κ1) is 64.8. The van der Waals surface area contributed by atoms with Crippen molar-refractivity contribution in [3.05, 3.63) is 71.8 Å². The molecular weight excluding hydrogens is 965 g/mol. The van der Waals surface area contributed by atoms with Crippen LogP contribution in [0.25, 0.3) is 0 Å². The monoisotopic (exact) mass is 1060 g/mol. The molecule has 6 unspecified atom stereocenters. The maximum absolute atomic E-state index is 12.5. The van der Waals surface area contributed by atoms with Gasteiger partial charge in [0.25, 0.3) is 20.2 Å². The van der Waals surface area contributed by atoms with Crippen LogP contribution in [0.2, 0.25) is 54.4 Å². The largest absolute Gasteiger partial charge is 0.414 e. The summed E-state index contributed by atoms with van der Waals surface area (Å²) < 4.78 is 79.8. The minimum Gasteiger partial charge on any atom is -0.414 e. The van der Waals surface area contributed by atoms with E-state index in [2.05, 4.69) is 102 Å². The van der Waals surface area contributed by atoms with Gasteiger partial charge in [-0.2, -0.15) is 16.8 Å². The van der Waals surface area contributed by atoms with E-state index in [9.17, 15) is 31.5 Å². The third kappa shape index (κ3) is 20.0. The summed E-state index contributed by atoms with van der Waals surface area (Å²) in [5, 5.41) is 10.5. The van der Waals surface area contributed by atoms with Crippen LogP contribution in [-0.2, 0) is 51.5 Å². The standard InChI is InChI=1S/C19H32O5SSi.C19H30O5SSi.C12H22O2Si.2CH4/c2*1-14-7-9-18(10-8-14)25(21,22)23-16-11-15(20)12-17(13-16)24-26(5,6)19(2,3)4;1-12(2,3)15(4,5)14-11-8-6-7-10(13)9-11;;/h7-10,15-17,20H,11-13H2,1-6H3;7-10,16-17H,11-13H2,1-6H3;6-7,11H,8-9H2,1-5H3;2*1H4. The lowest BCUT2D eigenvalue weighted by molar-refractivity contribution is -0.125. The first-order valence-corrected chi connectivity index (χ1v) is 35.3. The molecule has 17 heteroatoms. The summed E-state index contributed by atoms with van der Waals surface area (Å²) in [5.74, 6) is 0.189. The zero-order valence-electron chi connectivity index (χ0n) is 43.6. The fraction of sp³-hybridized carbons (Fsp3) is 0.692. The number of hydrogen-bond donors (Lipinski definition) is 1. The average Bonchev–Trinajstić information content (AvgIpc) is 3.13. The van der Waals surface area contributed by atoms with Crippen LogP contribution in [0.5, 0.6) is 0 Å². The van der Waals surface area contributed by atoms with Crippen LogP contribution in [0.1, 0.15) is 140 Å². The van der Waals surface area contributed by atoms with Gasteiger partial charge in [0, 0.05) is 38.5 Å². The number of aryl methyl sites for hydroxylation is 2. The molecule has 396 valence electrons. The van der Waals surface area contributed by atoms with E-state index in [0.717, 1.165) is 17.5 Å². The molecule has 0 aliphatic heterocycles. The van der Waals surface area contributed by atoms with Crippen molar-refractivity contribution in [2.45, 2.75) is 243 Å². The van der Waals surface area contributed by atoms with Crippen LogP contribution < -0.4 is 0 Å². The molecule has 0 amide bonds. The molecule has 0 radical (unpaired) electrons. The highest BCUT2D eigenvalue weighted by molar-refractivity contribution is 7.87. The van der Waals surface area contributed by atoms with Crippen LogP contribution >= 0.6 is 0 Å². The van der Waals surface area contributed by atoms with Gasteiger partial charge in [-0.25, -0.2) is 0 Å². The van der Waals surface area contributed by atoms with Gasteiger partial charge in [0.1, 0.15) is 5.78 Å². The van der Waals surface area contributed by atoms with Gasteiger partial charge in [-0.1, -0.05) is 119 Å². The Morgan fingerprint density at radius 3 is 1.26 bits per heavy atom. The van der Waals surface area contributed by atoms with E-state index in [4.69, 9.17) is 21.6 Å². The molecule has 6 atom stereocenters. The number of allylic oxidation sites excluding steroid dienone is 1. The predicted octanol–water partition coefficient (Wildman–Crippen LogP) is 12.8. The maximum atomic E-state index is 12.5. The molecule has 2 saturated carbocycles. The normalized spacial score (nSPS) is 23.0. The number of aliphatic hydroxyl groups excluding tert-OH is 1. The van der Waals surface area contributed by atoms with Crippen molar-refractivity contribution >= 4 is 56.8 Å². The Morgan fingerprint density at radius 2 is 0.855 bits per heavy atom. The lowest BCUT2D eigenvalue weighted by Crippen LogP contribution is -2.47. The summed E-state index contributed by atoms with van der Waals surface area (Å²) in [7, 11) is -13.5. The maximum Gasteiger partial charge on any atom is 0.297 e. The van der Waals surface area contributed by atoms with Gasteiger partial charge < -0.3 is 18.4 Å². The Bertz CT molecular complexity index is 2200. The molecule has 69 heavy (non-hydrogen) atoms. The van der Waals surface area contributed by atoms with Gasteiger partial charge in [-0.3, -0.25) is 18.0 Å². The summed E-state index contributed by atoms with van der Waals surface area (Å²) >= 11 is 0. The molecule has 0 aromatic heterocycles. The van der Waals surface area contributed by atoms with Gasteiger partial charge in [0.2, 0.25) is 0 Å². The second-order valence-electron chi connectivity index (χ2n) is 23.3. The summed E-state index contributed by atoms with van der Waals surface area (Å²) in [6, 6.07) is 13.1. The summed E-state index contributed by atoms with van der Waals surface area (Å²) in [5.41, 5.74) is 1.96.